The summed E-state index contributed by atoms with van der Waals surface area (Å²) >= 11 is 0. The maximum atomic E-state index is 12.7. The van der Waals surface area contributed by atoms with Gasteiger partial charge >= 0.3 is 5.97 Å². The fourth-order valence-electron chi connectivity index (χ4n) is 2.65. The van der Waals surface area contributed by atoms with E-state index in [0.29, 0.717) is 41.5 Å². The Morgan fingerprint density at radius 1 is 1.15 bits per heavy atom. The van der Waals surface area contributed by atoms with Gasteiger partial charge in [0.1, 0.15) is 5.75 Å². The molecule has 0 fully saturated rings. The topological polar surface area (TPSA) is 94.1 Å². The molecule has 2 aromatic rings. The molecule has 0 unspecified atom stereocenters. The summed E-state index contributed by atoms with van der Waals surface area (Å²) in [6.07, 6.45) is 1.22. The van der Waals surface area contributed by atoms with E-state index in [0.717, 1.165) is 12.0 Å². The van der Waals surface area contributed by atoms with Gasteiger partial charge in [0.25, 0.3) is 5.91 Å². The van der Waals surface area contributed by atoms with Crippen molar-refractivity contribution in [1.82, 2.24) is 0 Å². The molecule has 0 aromatic heterocycles. The van der Waals surface area contributed by atoms with E-state index in [4.69, 9.17) is 19.3 Å². The zero-order valence-electron chi connectivity index (χ0n) is 15.0. The molecule has 7 heteroatoms. The first-order valence-corrected chi connectivity index (χ1v) is 8.75. The highest BCUT2D eigenvalue weighted by molar-refractivity contribution is 6.05. The molecule has 2 N–H and O–H groups in total. The molecular weight excluding hydrogens is 350 g/mol. The number of hydrogen-bond acceptors (Lipinski definition) is 5. The van der Waals surface area contributed by atoms with Crippen molar-refractivity contribution in [3.8, 4) is 17.2 Å². The highest BCUT2D eigenvalue weighted by atomic mass is 16.7. The molecule has 3 rings (SSSR count). The predicted octanol–water partition coefficient (Wildman–Crippen LogP) is 3.47. The number of amides is 1. The van der Waals surface area contributed by atoms with Gasteiger partial charge in [0, 0.05) is 12.0 Å². The van der Waals surface area contributed by atoms with Crippen LogP contribution < -0.4 is 19.5 Å². The third-order valence-corrected chi connectivity index (χ3v) is 4.02. The maximum absolute atomic E-state index is 12.7. The van der Waals surface area contributed by atoms with Crippen molar-refractivity contribution in [2.45, 2.75) is 26.2 Å². The number of anilines is 1. The van der Waals surface area contributed by atoms with Crippen LogP contribution in [0.15, 0.2) is 36.4 Å². The molecule has 142 valence electrons. The largest absolute Gasteiger partial charge is 0.491 e. The van der Waals surface area contributed by atoms with Gasteiger partial charge in [0.2, 0.25) is 6.79 Å². The number of ether oxygens (including phenoxy) is 3. The van der Waals surface area contributed by atoms with Crippen LogP contribution in [-0.4, -0.2) is 30.4 Å². The number of rotatable bonds is 8. The van der Waals surface area contributed by atoms with E-state index >= 15 is 0 Å². The Hall–Kier alpha value is -3.22. The molecule has 0 atom stereocenters. The van der Waals surface area contributed by atoms with Gasteiger partial charge in [0.05, 0.1) is 12.3 Å². The van der Waals surface area contributed by atoms with Gasteiger partial charge in [-0.15, -0.1) is 0 Å². The molecule has 1 aliphatic heterocycles. The minimum atomic E-state index is -0.868. The first kappa shape index (κ1) is 18.6. The fourth-order valence-corrected chi connectivity index (χ4v) is 2.65. The van der Waals surface area contributed by atoms with Gasteiger partial charge in [0.15, 0.2) is 11.5 Å². The van der Waals surface area contributed by atoms with Gasteiger partial charge in [-0.25, -0.2) is 0 Å². The van der Waals surface area contributed by atoms with E-state index in [1.165, 1.54) is 0 Å². The molecule has 2 aromatic carbocycles. The highest BCUT2D eigenvalue weighted by Crippen LogP contribution is 2.33. The molecule has 1 heterocycles. The standard InChI is InChI=1S/C20H21NO6/c1-2-9-25-16-6-3-13(4-8-19(22)23)10-15(16)21-20(24)14-5-7-17-18(11-14)27-12-26-17/h3,5-7,10-11H,2,4,8-9,12H2,1H3,(H,21,24)(H,22,23). The Kier molecular flexibility index (Phi) is 5.80. The quantitative estimate of drug-likeness (QED) is 0.738. The van der Waals surface area contributed by atoms with Crippen molar-refractivity contribution in [3.05, 3.63) is 47.5 Å². The number of aliphatic carboxylic acids is 1. The lowest BCUT2D eigenvalue weighted by Crippen LogP contribution is -2.13. The normalized spacial score (nSPS) is 11.9. The minimum Gasteiger partial charge on any atom is -0.491 e. The van der Waals surface area contributed by atoms with Crippen molar-refractivity contribution in [2.75, 3.05) is 18.7 Å². The summed E-state index contributed by atoms with van der Waals surface area (Å²) in [4.78, 5) is 23.5. The van der Waals surface area contributed by atoms with Crippen molar-refractivity contribution in [1.29, 1.82) is 0 Å². The maximum Gasteiger partial charge on any atom is 0.303 e. The van der Waals surface area contributed by atoms with Crippen LogP contribution in [0.4, 0.5) is 5.69 Å². The van der Waals surface area contributed by atoms with E-state index < -0.39 is 5.97 Å². The second kappa shape index (κ2) is 8.44. The number of carbonyl (C=O) groups excluding carboxylic acids is 1. The van der Waals surface area contributed by atoms with Crippen LogP contribution in [0, 0.1) is 0 Å². The Bertz CT molecular complexity index is 848. The number of hydrogen-bond donors (Lipinski definition) is 2. The smallest absolute Gasteiger partial charge is 0.303 e. The number of carboxylic acid groups (broad SMARTS) is 1. The second-order valence-corrected chi connectivity index (χ2v) is 6.09. The molecule has 0 radical (unpaired) electrons. The van der Waals surface area contributed by atoms with E-state index in [2.05, 4.69) is 5.32 Å². The fraction of sp³-hybridized carbons (Fsp3) is 0.300. The van der Waals surface area contributed by atoms with E-state index in [1.807, 2.05) is 13.0 Å². The average molecular weight is 371 g/mol. The molecule has 1 aliphatic rings. The third-order valence-electron chi connectivity index (χ3n) is 4.02. The number of nitrogens with one attached hydrogen (secondary N) is 1. The Morgan fingerprint density at radius 2 is 1.96 bits per heavy atom. The molecule has 0 spiro atoms. The molecule has 1 amide bonds. The monoisotopic (exact) mass is 371 g/mol. The average Bonchev–Trinajstić information content (AvgIpc) is 3.13. The summed E-state index contributed by atoms with van der Waals surface area (Å²) < 4.78 is 16.3. The van der Waals surface area contributed by atoms with Crippen molar-refractivity contribution in [3.63, 3.8) is 0 Å². The van der Waals surface area contributed by atoms with Crippen LogP contribution in [0.25, 0.3) is 0 Å². The van der Waals surface area contributed by atoms with Crippen molar-refractivity contribution in [2.24, 2.45) is 0 Å². The number of aryl methyl sites for hydroxylation is 1. The van der Waals surface area contributed by atoms with Gasteiger partial charge in [-0.05, 0) is 48.7 Å². The summed E-state index contributed by atoms with van der Waals surface area (Å²) in [5, 5.41) is 11.7. The zero-order valence-corrected chi connectivity index (χ0v) is 15.0. The highest BCUT2D eigenvalue weighted by Gasteiger charge is 2.17. The van der Waals surface area contributed by atoms with Crippen LogP contribution in [0.5, 0.6) is 17.2 Å². The van der Waals surface area contributed by atoms with Gasteiger partial charge in [-0.1, -0.05) is 13.0 Å². The van der Waals surface area contributed by atoms with Crippen LogP contribution in [0.3, 0.4) is 0 Å². The number of fused-ring (bicyclic) bond motifs is 1. The molecule has 0 saturated heterocycles. The van der Waals surface area contributed by atoms with E-state index in [-0.39, 0.29) is 19.1 Å². The zero-order chi connectivity index (χ0) is 19.2. The Labute approximate surface area is 156 Å². The second-order valence-electron chi connectivity index (χ2n) is 6.09. The number of carbonyl (C=O) groups is 2. The van der Waals surface area contributed by atoms with Crippen LogP contribution in [-0.2, 0) is 11.2 Å². The first-order valence-electron chi connectivity index (χ1n) is 8.75. The van der Waals surface area contributed by atoms with E-state index in [1.54, 1.807) is 30.3 Å². The Morgan fingerprint density at radius 3 is 2.74 bits per heavy atom. The molecular formula is C20H21NO6. The van der Waals surface area contributed by atoms with Gasteiger partial charge < -0.3 is 24.6 Å². The first-order chi connectivity index (χ1) is 13.1. The van der Waals surface area contributed by atoms with Crippen LogP contribution >= 0.6 is 0 Å². The van der Waals surface area contributed by atoms with Crippen molar-refractivity contribution >= 4 is 17.6 Å². The lowest BCUT2D eigenvalue weighted by atomic mass is 10.1. The molecule has 0 bridgehead atoms. The third kappa shape index (κ3) is 4.69. The van der Waals surface area contributed by atoms with Crippen LogP contribution in [0.1, 0.15) is 35.7 Å². The van der Waals surface area contributed by atoms with Crippen LogP contribution in [0.2, 0.25) is 0 Å². The lowest BCUT2D eigenvalue weighted by molar-refractivity contribution is -0.136. The molecule has 0 aliphatic carbocycles. The number of carboxylic acids is 1. The summed E-state index contributed by atoms with van der Waals surface area (Å²) in [5.74, 6) is 0.497. The van der Waals surface area contributed by atoms with E-state index in [9.17, 15) is 9.59 Å². The Balaban J connectivity index is 1.80. The van der Waals surface area contributed by atoms with Gasteiger partial charge in [-0.2, -0.15) is 0 Å². The molecule has 0 saturated carbocycles. The molecule has 7 nitrogen and oxygen atoms in total. The lowest BCUT2D eigenvalue weighted by Gasteiger charge is -2.14. The predicted molar refractivity (Wildman–Crippen MR) is 98.7 cm³/mol. The number of benzene rings is 2. The summed E-state index contributed by atoms with van der Waals surface area (Å²) in [5.41, 5.74) is 1.74. The van der Waals surface area contributed by atoms with Crippen molar-refractivity contribution < 1.29 is 28.9 Å². The summed E-state index contributed by atoms with van der Waals surface area (Å²) in [7, 11) is 0. The summed E-state index contributed by atoms with van der Waals surface area (Å²) in [6, 6.07) is 10.3. The molecule has 27 heavy (non-hydrogen) atoms. The summed E-state index contributed by atoms with van der Waals surface area (Å²) in [6.45, 7) is 2.65. The SMILES string of the molecule is CCCOc1ccc(CCC(=O)O)cc1NC(=O)c1ccc2c(c1)OCO2. The van der Waals surface area contributed by atoms with Gasteiger partial charge in [-0.3, -0.25) is 9.59 Å². The minimum absolute atomic E-state index is 0.0186.